The summed E-state index contributed by atoms with van der Waals surface area (Å²) in [4.78, 5) is 16.1. The highest BCUT2D eigenvalue weighted by molar-refractivity contribution is 5.70. The number of nitrogens with zero attached hydrogens (tertiary/aromatic N) is 2. The Balaban J connectivity index is 1.68. The number of para-hydroxylation sites is 2. The fraction of sp³-hybridized carbons (Fsp3) is 0.409. The van der Waals surface area contributed by atoms with E-state index in [4.69, 9.17) is 14.2 Å². The van der Waals surface area contributed by atoms with E-state index < -0.39 is 0 Å². The van der Waals surface area contributed by atoms with E-state index in [1.54, 1.807) is 20.3 Å². The maximum atomic E-state index is 11.2. The number of piperazine rings is 1. The Morgan fingerprint density at radius 3 is 2.25 bits per heavy atom. The number of methoxy groups -OCH3 is 2. The van der Waals surface area contributed by atoms with Gasteiger partial charge >= 0.3 is 5.97 Å². The average Bonchev–Trinajstić information content (AvgIpc) is 2.73. The number of rotatable bonds is 6. The molecule has 0 N–H and O–H groups in total. The summed E-state index contributed by atoms with van der Waals surface area (Å²) in [5.41, 5.74) is 2.28. The van der Waals surface area contributed by atoms with Gasteiger partial charge in [-0.1, -0.05) is 18.2 Å². The summed E-state index contributed by atoms with van der Waals surface area (Å²) in [7, 11) is 3.30. The van der Waals surface area contributed by atoms with Crippen LogP contribution in [0.1, 0.15) is 25.5 Å². The van der Waals surface area contributed by atoms with Crippen LogP contribution in [-0.2, 0) is 4.79 Å². The molecule has 0 spiro atoms. The van der Waals surface area contributed by atoms with Gasteiger partial charge in [-0.3, -0.25) is 9.69 Å². The van der Waals surface area contributed by atoms with E-state index in [-0.39, 0.29) is 12.0 Å². The van der Waals surface area contributed by atoms with Crippen LogP contribution in [0.3, 0.4) is 0 Å². The molecule has 1 saturated heterocycles. The third-order valence-corrected chi connectivity index (χ3v) is 5.21. The van der Waals surface area contributed by atoms with Crippen molar-refractivity contribution >= 4 is 11.7 Å². The van der Waals surface area contributed by atoms with Gasteiger partial charge in [0.15, 0.2) is 11.5 Å². The summed E-state index contributed by atoms with van der Waals surface area (Å²) in [5, 5.41) is 0. The van der Waals surface area contributed by atoms with Gasteiger partial charge < -0.3 is 19.1 Å². The van der Waals surface area contributed by atoms with Gasteiger partial charge in [0.25, 0.3) is 0 Å². The summed E-state index contributed by atoms with van der Waals surface area (Å²) in [6.45, 7) is 7.36. The van der Waals surface area contributed by atoms with Gasteiger partial charge in [-0.15, -0.1) is 0 Å². The first-order valence-corrected chi connectivity index (χ1v) is 9.52. The third kappa shape index (κ3) is 4.39. The molecule has 1 fully saturated rings. The van der Waals surface area contributed by atoms with Crippen molar-refractivity contribution in [2.24, 2.45) is 0 Å². The molecule has 2 aromatic carbocycles. The monoisotopic (exact) mass is 384 g/mol. The van der Waals surface area contributed by atoms with Crippen LogP contribution >= 0.6 is 0 Å². The molecular weight excluding hydrogens is 356 g/mol. The summed E-state index contributed by atoms with van der Waals surface area (Å²) < 4.78 is 16.1. The minimum Gasteiger partial charge on any atom is -0.495 e. The van der Waals surface area contributed by atoms with Gasteiger partial charge in [-0.2, -0.15) is 0 Å². The Kier molecular flexibility index (Phi) is 6.41. The standard InChI is InChI=1S/C22H28N2O4/c1-16(18-9-10-21(28-17(2)25)22(15-18)27-4)23-11-13-24(14-12-23)19-7-5-6-8-20(19)26-3/h5-10,15-16H,11-14H2,1-4H3. The number of anilines is 1. The molecule has 28 heavy (non-hydrogen) atoms. The molecule has 0 bridgehead atoms. The van der Waals surface area contributed by atoms with E-state index in [1.165, 1.54) is 6.92 Å². The molecule has 3 rings (SSSR count). The summed E-state index contributed by atoms with van der Waals surface area (Å²) >= 11 is 0. The highest BCUT2D eigenvalue weighted by Gasteiger charge is 2.24. The summed E-state index contributed by atoms with van der Waals surface area (Å²) in [5.74, 6) is 1.58. The highest BCUT2D eigenvalue weighted by atomic mass is 16.6. The topological polar surface area (TPSA) is 51.2 Å². The number of esters is 1. The van der Waals surface area contributed by atoms with Crippen LogP contribution in [0.15, 0.2) is 42.5 Å². The number of hydrogen-bond donors (Lipinski definition) is 0. The maximum absolute atomic E-state index is 11.2. The number of carbonyl (C=O) groups excluding carboxylic acids is 1. The average molecular weight is 384 g/mol. The molecule has 1 unspecified atom stereocenters. The Hall–Kier alpha value is -2.73. The van der Waals surface area contributed by atoms with Crippen LogP contribution in [0.5, 0.6) is 17.2 Å². The molecule has 0 saturated carbocycles. The zero-order valence-corrected chi connectivity index (χ0v) is 17.0. The van der Waals surface area contributed by atoms with Gasteiger partial charge in [-0.05, 0) is 36.8 Å². The molecule has 1 aliphatic heterocycles. The molecule has 0 radical (unpaired) electrons. The Morgan fingerprint density at radius 2 is 1.61 bits per heavy atom. The lowest BCUT2D eigenvalue weighted by Crippen LogP contribution is -2.47. The normalized spacial score (nSPS) is 15.8. The molecule has 1 aliphatic rings. The van der Waals surface area contributed by atoms with Crippen LogP contribution in [-0.4, -0.2) is 51.3 Å². The molecule has 1 atom stereocenters. The van der Waals surface area contributed by atoms with Crippen LogP contribution < -0.4 is 19.1 Å². The molecule has 0 amide bonds. The van der Waals surface area contributed by atoms with Crippen molar-refractivity contribution in [3.63, 3.8) is 0 Å². The van der Waals surface area contributed by atoms with Crippen molar-refractivity contribution in [2.75, 3.05) is 45.3 Å². The van der Waals surface area contributed by atoms with Crippen molar-refractivity contribution in [1.29, 1.82) is 0 Å². The van der Waals surface area contributed by atoms with Crippen molar-refractivity contribution in [3.05, 3.63) is 48.0 Å². The Labute approximate surface area is 166 Å². The predicted octanol–water partition coefficient (Wildman–Crippen LogP) is 3.51. The SMILES string of the molecule is COc1cc(C(C)N2CCN(c3ccccc3OC)CC2)ccc1OC(C)=O. The van der Waals surface area contributed by atoms with Crippen molar-refractivity contribution in [1.82, 2.24) is 4.90 Å². The highest BCUT2D eigenvalue weighted by Crippen LogP contribution is 2.34. The maximum Gasteiger partial charge on any atom is 0.308 e. The lowest BCUT2D eigenvalue weighted by atomic mass is 10.0. The van der Waals surface area contributed by atoms with E-state index >= 15 is 0 Å². The van der Waals surface area contributed by atoms with Crippen LogP contribution in [0, 0.1) is 0 Å². The molecule has 150 valence electrons. The van der Waals surface area contributed by atoms with E-state index in [9.17, 15) is 4.79 Å². The molecule has 0 aliphatic carbocycles. The smallest absolute Gasteiger partial charge is 0.308 e. The van der Waals surface area contributed by atoms with Crippen LogP contribution in [0.25, 0.3) is 0 Å². The zero-order chi connectivity index (χ0) is 20.1. The molecule has 6 heteroatoms. The van der Waals surface area contributed by atoms with Gasteiger partial charge in [-0.25, -0.2) is 0 Å². The van der Waals surface area contributed by atoms with Crippen molar-refractivity contribution in [3.8, 4) is 17.2 Å². The largest absolute Gasteiger partial charge is 0.495 e. The minimum atomic E-state index is -0.355. The van der Waals surface area contributed by atoms with Gasteiger partial charge in [0.05, 0.1) is 19.9 Å². The lowest BCUT2D eigenvalue weighted by Gasteiger charge is -2.39. The fourth-order valence-corrected chi connectivity index (χ4v) is 3.64. The summed E-state index contributed by atoms with van der Waals surface area (Å²) in [6, 6.07) is 14.1. The quantitative estimate of drug-likeness (QED) is 0.561. The number of ether oxygens (including phenoxy) is 3. The van der Waals surface area contributed by atoms with E-state index in [1.807, 2.05) is 30.3 Å². The zero-order valence-electron chi connectivity index (χ0n) is 17.0. The Morgan fingerprint density at radius 1 is 0.929 bits per heavy atom. The van der Waals surface area contributed by atoms with Crippen LogP contribution in [0.4, 0.5) is 5.69 Å². The molecule has 0 aromatic heterocycles. The van der Waals surface area contributed by atoms with E-state index in [2.05, 4.69) is 22.8 Å². The first-order chi connectivity index (χ1) is 13.5. The number of hydrogen-bond acceptors (Lipinski definition) is 6. The van der Waals surface area contributed by atoms with Gasteiger partial charge in [0.1, 0.15) is 5.75 Å². The molecule has 1 heterocycles. The van der Waals surface area contributed by atoms with Crippen LogP contribution in [0.2, 0.25) is 0 Å². The summed E-state index contributed by atoms with van der Waals surface area (Å²) in [6.07, 6.45) is 0. The third-order valence-electron chi connectivity index (χ3n) is 5.21. The first kappa shape index (κ1) is 20.0. The molecule has 2 aromatic rings. The van der Waals surface area contributed by atoms with E-state index in [0.717, 1.165) is 43.2 Å². The number of carbonyl (C=O) groups is 1. The molecular formula is C22H28N2O4. The molecule has 6 nitrogen and oxygen atoms in total. The number of benzene rings is 2. The minimum absolute atomic E-state index is 0.236. The van der Waals surface area contributed by atoms with Crippen molar-refractivity contribution in [2.45, 2.75) is 19.9 Å². The van der Waals surface area contributed by atoms with E-state index in [0.29, 0.717) is 11.5 Å². The second-order valence-electron chi connectivity index (χ2n) is 6.87. The van der Waals surface area contributed by atoms with Crippen molar-refractivity contribution < 1.29 is 19.0 Å². The Bertz CT molecular complexity index is 816. The van der Waals surface area contributed by atoms with Gasteiger partial charge in [0.2, 0.25) is 0 Å². The second-order valence-corrected chi connectivity index (χ2v) is 6.87. The lowest BCUT2D eigenvalue weighted by molar-refractivity contribution is -0.132. The second kappa shape index (κ2) is 8.97. The van der Waals surface area contributed by atoms with Gasteiger partial charge in [0, 0.05) is 39.1 Å². The predicted molar refractivity (Wildman–Crippen MR) is 109 cm³/mol. The first-order valence-electron chi connectivity index (χ1n) is 9.52. The fourth-order valence-electron chi connectivity index (χ4n) is 3.64.